The van der Waals surface area contributed by atoms with Gasteiger partial charge in [0, 0.05) is 12.1 Å². The van der Waals surface area contributed by atoms with Gasteiger partial charge in [-0.3, -0.25) is 14.5 Å². The second kappa shape index (κ2) is 7.84. The molecule has 0 aliphatic carbocycles. The summed E-state index contributed by atoms with van der Waals surface area (Å²) in [7, 11) is 0. The van der Waals surface area contributed by atoms with E-state index in [0.29, 0.717) is 24.9 Å². The summed E-state index contributed by atoms with van der Waals surface area (Å²) in [6.07, 6.45) is 1.20. The Morgan fingerprint density at radius 3 is 2.35 bits per heavy atom. The van der Waals surface area contributed by atoms with Crippen molar-refractivity contribution in [2.24, 2.45) is 0 Å². The van der Waals surface area contributed by atoms with Crippen LogP contribution in [-0.2, 0) is 16.8 Å². The topological polar surface area (TPSA) is 69.7 Å². The van der Waals surface area contributed by atoms with Crippen molar-refractivity contribution in [1.29, 1.82) is 0 Å². The fourth-order valence-corrected chi connectivity index (χ4v) is 4.39. The number of carbonyl (C=O) groups is 3. The molecule has 162 valence electrons. The largest absolute Gasteiger partial charge is 0.336 e. The summed E-state index contributed by atoms with van der Waals surface area (Å²) in [5, 5.41) is 2.90. The number of rotatable bonds is 3. The van der Waals surface area contributed by atoms with Crippen molar-refractivity contribution in [3.05, 3.63) is 71.3 Å². The van der Waals surface area contributed by atoms with E-state index in [9.17, 15) is 14.4 Å². The van der Waals surface area contributed by atoms with Crippen molar-refractivity contribution in [2.45, 2.75) is 51.1 Å². The zero-order valence-corrected chi connectivity index (χ0v) is 18.4. The third kappa shape index (κ3) is 4.07. The summed E-state index contributed by atoms with van der Waals surface area (Å²) in [5.74, 6) is -0.356. The van der Waals surface area contributed by atoms with Crippen LogP contribution in [0.4, 0.5) is 4.79 Å². The molecule has 0 bridgehead atoms. The van der Waals surface area contributed by atoms with Crippen LogP contribution >= 0.6 is 0 Å². The molecular formula is C25H29N3O3. The normalized spacial score (nSPS) is 21.5. The smallest absolute Gasteiger partial charge is 0.325 e. The number of hydrogen-bond acceptors (Lipinski definition) is 3. The monoisotopic (exact) mass is 419 g/mol. The quantitative estimate of drug-likeness (QED) is 0.771. The van der Waals surface area contributed by atoms with Gasteiger partial charge < -0.3 is 10.2 Å². The predicted octanol–water partition coefficient (Wildman–Crippen LogP) is 3.71. The summed E-state index contributed by atoms with van der Waals surface area (Å²) in [6.45, 7) is 7.40. The molecule has 1 N–H and O–H groups in total. The first kappa shape index (κ1) is 21.1. The van der Waals surface area contributed by atoms with Gasteiger partial charge in [-0.1, -0.05) is 63.2 Å². The molecule has 2 saturated heterocycles. The van der Waals surface area contributed by atoms with Crippen molar-refractivity contribution < 1.29 is 14.4 Å². The number of urea groups is 1. The van der Waals surface area contributed by atoms with Gasteiger partial charge in [0.1, 0.15) is 5.54 Å². The minimum Gasteiger partial charge on any atom is -0.336 e. The van der Waals surface area contributed by atoms with Crippen LogP contribution in [-0.4, -0.2) is 46.3 Å². The number of piperidine rings is 1. The number of benzene rings is 2. The lowest BCUT2D eigenvalue weighted by atomic mass is 9.86. The highest BCUT2D eigenvalue weighted by atomic mass is 16.2. The molecule has 0 unspecified atom stereocenters. The molecule has 4 amide bonds. The molecule has 0 radical (unpaired) electrons. The average molecular weight is 420 g/mol. The minimum atomic E-state index is -1.04. The van der Waals surface area contributed by atoms with E-state index in [2.05, 4.69) is 26.1 Å². The van der Waals surface area contributed by atoms with Gasteiger partial charge in [0.05, 0.1) is 13.1 Å². The minimum absolute atomic E-state index is 0.0134. The molecule has 6 heteroatoms. The number of nitrogens with one attached hydrogen (secondary N) is 1. The van der Waals surface area contributed by atoms with E-state index in [4.69, 9.17) is 0 Å². The Morgan fingerprint density at radius 2 is 1.71 bits per heavy atom. The second-order valence-electron chi connectivity index (χ2n) is 9.55. The molecule has 2 fully saturated rings. The van der Waals surface area contributed by atoms with Gasteiger partial charge in [-0.2, -0.15) is 0 Å². The Labute approximate surface area is 183 Å². The van der Waals surface area contributed by atoms with Crippen molar-refractivity contribution in [2.75, 3.05) is 13.1 Å². The molecular weight excluding hydrogens is 390 g/mol. The van der Waals surface area contributed by atoms with E-state index in [1.54, 1.807) is 4.90 Å². The molecule has 2 aromatic rings. The van der Waals surface area contributed by atoms with Crippen LogP contribution in [0, 0.1) is 0 Å². The molecule has 2 aromatic carbocycles. The van der Waals surface area contributed by atoms with E-state index >= 15 is 0 Å². The Balaban J connectivity index is 1.50. The first-order chi connectivity index (χ1) is 14.7. The number of hydrogen-bond donors (Lipinski definition) is 1. The van der Waals surface area contributed by atoms with Gasteiger partial charge in [-0.05, 0) is 41.5 Å². The molecule has 6 nitrogen and oxygen atoms in total. The molecule has 4 rings (SSSR count). The van der Waals surface area contributed by atoms with Crippen LogP contribution in [0.2, 0.25) is 0 Å². The SMILES string of the molecule is CC(C)(C)c1ccc(C(=O)N2CCC[C@]3(C2)NC(=O)N(Cc2ccccc2)C3=O)cc1. The highest BCUT2D eigenvalue weighted by molar-refractivity contribution is 6.07. The average Bonchev–Trinajstić information content (AvgIpc) is 2.97. The number of carbonyl (C=O) groups excluding carboxylic acids is 3. The third-order valence-electron chi connectivity index (χ3n) is 6.21. The molecule has 1 atom stereocenters. The summed E-state index contributed by atoms with van der Waals surface area (Å²) >= 11 is 0. The van der Waals surface area contributed by atoms with Crippen molar-refractivity contribution in [3.8, 4) is 0 Å². The zero-order chi connectivity index (χ0) is 22.2. The highest BCUT2D eigenvalue weighted by Gasteiger charge is 2.53. The molecule has 0 aromatic heterocycles. The molecule has 2 aliphatic rings. The fourth-order valence-electron chi connectivity index (χ4n) is 4.39. The summed E-state index contributed by atoms with van der Waals surface area (Å²) in [4.78, 5) is 42.0. The lowest BCUT2D eigenvalue weighted by Crippen LogP contribution is -2.59. The Morgan fingerprint density at radius 1 is 1.03 bits per heavy atom. The predicted molar refractivity (Wildman–Crippen MR) is 119 cm³/mol. The Hall–Kier alpha value is -3.15. The summed E-state index contributed by atoms with van der Waals surface area (Å²) < 4.78 is 0. The zero-order valence-electron chi connectivity index (χ0n) is 18.4. The lowest BCUT2D eigenvalue weighted by Gasteiger charge is -2.38. The summed E-state index contributed by atoms with van der Waals surface area (Å²) in [5.41, 5.74) is 1.63. The molecule has 0 saturated carbocycles. The number of nitrogens with zero attached hydrogens (tertiary/aromatic N) is 2. The summed E-state index contributed by atoms with van der Waals surface area (Å²) in [6, 6.07) is 16.7. The van der Waals surface area contributed by atoms with Gasteiger partial charge in [-0.15, -0.1) is 0 Å². The second-order valence-corrected chi connectivity index (χ2v) is 9.55. The van der Waals surface area contributed by atoms with Gasteiger partial charge in [0.15, 0.2) is 0 Å². The van der Waals surface area contributed by atoms with E-state index in [0.717, 1.165) is 11.1 Å². The van der Waals surface area contributed by atoms with Crippen LogP contribution in [0.5, 0.6) is 0 Å². The Bertz CT molecular complexity index is 995. The standard InChI is InChI=1S/C25H29N3O3/c1-24(2,3)20-12-10-19(11-13-20)21(29)27-15-7-14-25(17-27)22(30)28(23(31)26-25)16-18-8-5-4-6-9-18/h4-6,8-13H,7,14-17H2,1-3H3,(H,26,31)/t25-/m1/s1. The molecule has 2 aliphatic heterocycles. The van der Waals surface area contributed by atoms with Gasteiger partial charge in [0.25, 0.3) is 11.8 Å². The lowest BCUT2D eigenvalue weighted by molar-refractivity contribution is -0.133. The van der Waals surface area contributed by atoms with E-state index in [-0.39, 0.29) is 30.3 Å². The molecule has 2 heterocycles. The first-order valence-electron chi connectivity index (χ1n) is 10.8. The number of amides is 4. The maximum Gasteiger partial charge on any atom is 0.325 e. The van der Waals surface area contributed by atoms with E-state index < -0.39 is 11.6 Å². The van der Waals surface area contributed by atoms with Crippen molar-refractivity contribution in [3.63, 3.8) is 0 Å². The van der Waals surface area contributed by atoms with E-state index in [1.165, 1.54) is 4.90 Å². The van der Waals surface area contributed by atoms with Gasteiger partial charge in [-0.25, -0.2) is 4.79 Å². The van der Waals surface area contributed by atoms with Crippen LogP contribution in [0.3, 0.4) is 0 Å². The Kier molecular flexibility index (Phi) is 5.33. The number of likely N-dealkylation sites (tertiary alicyclic amines) is 1. The van der Waals surface area contributed by atoms with E-state index in [1.807, 2.05) is 54.6 Å². The maximum atomic E-state index is 13.3. The van der Waals surface area contributed by atoms with Gasteiger partial charge in [0.2, 0.25) is 0 Å². The van der Waals surface area contributed by atoms with Crippen LogP contribution in [0.1, 0.15) is 55.1 Å². The van der Waals surface area contributed by atoms with Crippen LogP contribution in [0.25, 0.3) is 0 Å². The van der Waals surface area contributed by atoms with Gasteiger partial charge >= 0.3 is 6.03 Å². The van der Waals surface area contributed by atoms with Crippen molar-refractivity contribution >= 4 is 17.8 Å². The number of imide groups is 1. The fraction of sp³-hybridized carbons (Fsp3) is 0.400. The maximum absolute atomic E-state index is 13.3. The molecule has 1 spiro atoms. The molecule has 31 heavy (non-hydrogen) atoms. The highest BCUT2D eigenvalue weighted by Crippen LogP contribution is 2.30. The van der Waals surface area contributed by atoms with Crippen LogP contribution in [0.15, 0.2) is 54.6 Å². The van der Waals surface area contributed by atoms with Crippen molar-refractivity contribution in [1.82, 2.24) is 15.1 Å². The van der Waals surface area contributed by atoms with Crippen LogP contribution < -0.4 is 5.32 Å². The third-order valence-corrected chi connectivity index (χ3v) is 6.21. The first-order valence-corrected chi connectivity index (χ1v) is 10.8.